The maximum atomic E-state index is 13.9. The van der Waals surface area contributed by atoms with E-state index in [2.05, 4.69) is 10.6 Å². The van der Waals surface area contributed by atoms with E-state index in [1.807, 2.05) is 31.4 Å². The second-order valence-corrected chi connectivity index (χ2v) is 11.4. The summed E-state index contributed by atoms with van der Waals surface area (Å²) in [6, 6.07) is 10.7. The van der Waals surface area contributed by atoms with E-state index in [0.717, 1.165) is 35.9 Å². The van der Waals surface area contributed by atoms with Crippen molar-refractivity contribution in [3.63, 3.8) is 0 Å². The Balaban J connectivity index is 1.76. The van der Waals surface area contributed by atoms with Crippen LogP contribution in [0, 0.1) is 18.6 Å². The predicted molar refractivity (Wildman–Crippen MR) is 166 cm³/mol. The number of aliphatic hydroxyl groups is 1. The fourth-order valence-corrected chi connectivity index (χ4v) is 5.36. The minimum atomic E-state index is -1.16. The summed E-state index contributed by atoms with van der Waals surface area (Å²) in [5, 5.41) is 18.4. The lowest BCUT2D eigenvalue weighted by Gasteiger charge is -2.25. The molecule has 230 valence electrons. The molecule has 2 aromatic carbocycles. The van der Waals surface area contributed by atoms with Crippen LogP contribution in [0.15, 0.2) is 60.0 Å². The van der Waals surface area contributed by atoms with E-state index in [-0.39, 0.29) is 42.3 Å². The normalized spacial score (nSPS) is 12.6. The van der Waals surface area contributed by atoms with E-state index in [4.69, 9.17) is 0 Å². The maximum Gasteiger partial charge on any atom is 0.253 e. The van der Waals surface area contributed by atoms with Crippen LogP contribution in [0.2, 0.25) is 0 Å². The fraction of sp³-hybridized carbons (Fsp3) is 0.364. The van der Waals surface area contributed by atoms with Crippen molar-refractivity contribution in [1.82, 2.24) is 15.5 Å². The summed E-state index contributed by atoms with van der Waals surface area (Å²) in [6.07, 6.45) is 3.53. The van der Waals surface area contributed by atoms with Gasteiger partial charge in [-0.25, -0.2) is 8.78 Å². The van der Waals surface area contributed by atoms with E-state index in [0.29, 0.717) is 24.2 Å². The lowest BCUT2D eigenvalue weighted by atomic mass is 9.97. The number of benzene rings is 2. The molecule has 3 amide bonds. The molecular formula is C33H39F2N3O4S. The van der Waals surface area contributed by atoms with E-state index in [9.17, 15) is 28.3 Å². The zero-order valence-electron chi connectivity index (χ0n) is 24.7. The number of amides is 3. The van der Waals surface area contributed by atoms with Gasteiger partial charge < -0.3 is 20.6 Å². The van der Waals surface area contributed by atoms with E-state index in [1.165, 1.54) is 23.5 Å². The van der Waals surface area contributed by atoms with Gasteiger partial charge in [-0.2, -0.15) is 0 Å². The van der Waals surface area contributed by atoms with Gasteiger partial charge in [0.15, 0.2) is 0 Å². The highest BCUT2D eigenvalue weighted by Crippen LogP contribution is 2.17. The number of thiophene rings is 1. The van der Waals surface area contributed by atoms with Crippen LogP contribution < -0.4 is 10.6 Å². The largest absolute Gasteiger partial charge is 0.391 e. The van der Waals surface area contributed by atoms with Gasteiger partial charge in [-0.1, -0.05) is 19.9 Å². The molecule has 0 unspecified atom stereocenters. The molecule has 3 rings (SSSR count). The number of aliphatic hydroxyl groups excluding tert-OH is 1. The first kappa shape index (κ1) is 33.6. The predicted octanol–water partition coefficient (Wildman–Crippen LogP) is 5.52. The number of nitrogens with zero attached hydrogens (tertiary/aromatic N) is 1. The highest BCUT2D eigenvalue weighted by Gasteiger charge is 2.24. The molecule has 2 atom stereocenters. The quantitative estimate of drug-likeness (QED) is 0.197. The molecule has 1 aromatic heterocycles. The average Bonchev–Trinajstić information content (AvgIpc) is 3.48. The monoisotopic (exact) mass is 611 g/mol. The van der Waals surface area contributed by atoms with Crippen LogP contribution in [0.5, 0.6) is 0 Å². The summed E-state index contributed by atoms with van der Waals surface area (Å²) in [5.74, 6) is -2.60. The van der Waals surface area contributed by atoms with Crippen molar-refractivity contribution in [3.05, 3.63) is 98.8 Å². The van der Waals surface area contributed by atoms with Crippen molar-refractivity contribution in [2.24, 2.45) is 0 Å². The minimum Gasteiger partial charge on any atom is -0.391 e. The molecule has 0 spiro atoms. The number of rotatable bonds is 15. The third-order valence-corrected chi connectivity index (χ3v) is 7.54. The third-order valence-electron chi connectivity index (χ3n) is 6.70. The van der Waals surface area contributed by atoms with Crippen LogP contribution in [-0.2, 0) is 11.2 Å². The first-order valence-electron chi connectivity index (χ1n) is 14.4. The van der Waals surface area contributed by atoms with Gasteiger partial charge in [0.2, 0.25) is 5.91 Å². The number of hydrogen-bond donors (Lipinski definition) is 3. The summed E-state index contributed by atoms with van der Waals surface area (Å²) < 4.78 is 27.9. The molecule has 0 aliphatic rings. The smallest absolute Gasteiger partial charge is 0.253 e. The molecule has 0 bridgehead atoms. The number of carbonyl (C=O) groups is 3. The summed E-state index contributed by atoms with van der Waals surface area (Å²) in [7, 11) is 0. The molecule has 3 N–H and O–H groups in total. The number of hydrogen-bond acceptors (Lipinski definition) is 5. The molecule has 43 heavy (non-hydrogen) atoms. The van der Waals surface area contributed by atoms with Crippen molar-refractivity contribution in [3.8, 4) is 0 Å². The summed E-state index contributed by atoms with van der Waals surface area (Å²) in [6.45, 7) is 7.08. The SMILES string of the molecule is CCCN(CCC)C(=O)c1cc(C)cc(C(=O)N[C@@H](Cc2cc(F)cc(F)c2)[C@H](O)CCNC(=O)/C=C/c2cccs2)c1. The number of carbonyl (C=O) groups excluding carboxylic acids is 3. The first-order valence-corrected chi connectivity index (χ1v) is 15.3. The Hall–Kier alpha value is -3.89. The van der Waals surface area contributed by atoms with Gasteiger partial charge in [-0.3, -0.25) is 14.4 Å². The molecule has 0 aliphatic heterocycles. The van der Waals surface area contributed by atoms with E-state index >= 15 is 0 Å². The summed E-state index contributed by atoms with van der Waals surface area (Å²) in [4.78, 5) is 41.5. The molecule has 0 aliphatic carbocycles. The third kappa shape index (κ3) is 10.7. The van der Waals surface area contributed by atoms with Crippen molar-refractivity contribution < 1.29 is 28.3 Å². The Morgan fingerprint density at radius 1 is 1.00 bits per heavy atom. The molecular weight excluding hydrogens is 572 g/mol. The van der Waals surface area contributed by atoms with Gasteiger partial charge >= 0.3 is 0 Å². The molecule has 3 aromatic rings. The zero-order chi connectivity index (χ0) is 31.4. The number of nitrogens with one attached hydrogen (secondary N) is 2. The lowest BCUT2D eigenvalue weighted by Crippen LogP contribution is -2.46. The number of halogens is 2. The highest BCUT2D eigenvalue weighted by molar-refractivity contribution is 7.10. The molecule has 0 saturated heterocycles. The molecule has 0 fully saturated rings. The Bertz CT molecular complexity index is 1380. The average molecular weight is 612 g/mol. The van der Waals surface area contributed by atoms with Gasteiger partial charge in [-0.05, 0) is 91.6 Å². The van der Waals surface area contributed by atoms with Crippen LogP contribution >= 0.6 is 11.3 Å². The molecule has 0 saturated carbocycles. The molecule has 10 heteroatoms. The minimum absolute atomic E-state index is 0.0633. The Morgan fingerprint density at radius 2 is 1.67 bits per heavy atom. The van der Waals surface area contributed by atoms with Crippen LogP contribution in [0.1, 0.15) is 69.8 Å². The molecule has 7 nitrogen and oxygen atoms in total. The standard InChI is InChI=1S/C33H39F2N3O4S/c1-4-12-38(13-5-2)33(42)25-16-22(3)15-24(20-25)32(41)37-29(19-23-17-26(34)21-27(35)18-23)30(39)10-11-36-31(40)9-8-28-7-6-14-43-28/h6-9,14-18,20-21,29-30,39H,4-5,10-13,19H2,1-3H3,(H,36,40)(H,37,41)/b9-8+/t29-,30+/m0/s1. The summed E-state index contributed by atoms with van der Waals surface area (Å²) >= 11 is 1.49. The van der Waals surface area contributed by atoms with Crippen molar-refractivity contribution >= 4 is 35.1 Å². The topological polar surface area (TPSA) is 98.7 Å². The van der Waals surface area contributed by atoms with E-state index in [1.54, 1.807) is 30.0 Å². The van der Waals surface area contributed by atoms with Crippen molar-refractivity contribution in [1.29, 1.82) is 0 Å². The number of aryl methyl sites for hydroxylation is 1. The van der Waals surface area contributed by atoms with E-state index < -0.39 is 29.7 Å². The van der Waals surface area contributed by atoms with Crippen LogP contribution in [0.3, 0.4) is 0 Å². The Labute approximate surface area is 255 Å². The first-order chi connectivity index (χ1) is 20.6. The Morgan fingerprint density at radius 3 is 2.30 bits per heavy atom. The van der Waals surface area contributed by atoms with Gasteiger partial charge in [0.05, 0.1) is 12.1 Å². The van der Waals surface area contributed by atoms with Gasteiger partial charge in [0.25, 0.3) is 11.8 Å². The van der Waals surface area contributed by atoms with Crippen molar-refractivity contribution in [2.75, 3.05) is 19.6 Å². The fourth-order valence-electron chi connectivity index (χ4n) is 4.74. The second kappa shape index (κ2) is 16.7. The van der Waals surface area contributed by atoms with Crippen LogP contribution in [-0.4, -0.2) is 59.5 Å². The van der Waals surface area contributed by atoms with Crippen LogP contribution in [0.25, 0.3) is 6.08 Å². The molecule has 0 radical (unpaired) electrons. The van der Waals surface area contributed by atoms with Gasteiger partial charge in [0, 0.05) is 47.8 Å². The zero-order valence-corrected chi connectivity index (χ0v) is 25.6. The lowest BCUT2D eigenvalue weighted by molar-refractivity contribution is -0.116. The molecule has 1 heterocycles. The second-order valence-electron chi connectivity index (χ2n) is 10.4. The van der Waals surface area contributed by atoms with Crippen molar-refractivity contribution in [2.45, 2.75) is 58.6 Å². The summed E-state index contributed by atoms with van der Waals surface area (Å²) in [5.41, 5.74) is 1.58. The van der Waals surface area contributed by atoms with Gasteiger partial charge in [-0.15, -0.1) is 11.3 Å². The van der Waals surface area contributed by atoms with Gasteiger partial charge in [0.1, 0.15) is 11.6 Å². The van der Waals surface area contributed by atoms with Crippen LogP contribution in [0.4, 0.5) is 8.78 Å². The maximum absolute atomic E-state index is 13.9. The Kier molecular flexibility index (Phi) is 13.0. The highest BCUT2D eigenvalue weighted by atomic mass is 32.1.